The number of benzene rings is 2. The predicted molar refractivity (Wildman–Crippen MR) is 116 cm³/mol. The van der Waals surface area contributed by atoms with E-state index < -0.39 is 16.7 Å². The average Bonchev–Trinajstić information content (AvgIpc) is 3.04. The molecule has 1 aliphatic heterocycles. The highest BCUT2D eigenvalue weighted by molar-refractivity contribution is 6.39. The molecule has 2 amide bonds. The van der Waals surface area contributed by atoms with E-state index in [1.54, 1.807) is 0 Å². The fourth-order valence-corrected chi connectivity index (χ4v) is 3.46. The first-order chi connectivity index (χ1) is 14.5. The Balaban J connectivity index is 1.43. The molecule has 1 saturated heterocycles. The molecule has 2 aromatic rings. The van der Waals surface area contributed by atoms with Crippen molar-refractivity contribution in [3.8, 4) is 0 Å². The minimum absolute atomic E-state index is 0.0840. The highest BCUT2D eigenvalue weighted by Gasteiger charge is 2.14. The van der Waals surface area contributed by atoms with Gasteiger partial charge in [-0.3, -0.25) is 19.7 Å². The maximum atomic E-state index is 12.0. The first-order valence-electron chi connectivity index (χ1n) is 10.2. The third-order valence-electron chi connectivity index (χ3n) is 5.15. The van der Waals surface area contributed by atoms with Gasteiger partial charge in [0.2, 0.25) is 0 Å². The lowest BCUT2D eigenvalue weighted by atomic mass is 10.1. The minimum Gasteiger partial charge on any atom is -0.372 e. The summed E-state index contributed by atoms with van der Waals surface area (Å²) in [6.07, 6.45) is 5.68. The van der Waals surface area contributed by atoms with E-state index in [2.05, 4.69) is 39.8 Å². The number of hydrogen-bond donors (Lipinski definition) is 2. The number of nitro benzene ring substituents is 1. The molecule has 30 heavy (non-hydrogen) atoms. The summed E-state index contributed by atoms with van der Waals surface area (Å²) >= 11 is 0. The molecule has 1 fully saturated rings. The van der Waals surface area contributed by atoms with Crippen molar-refractivity contribution in [2.24, 2.45) is 0 Å². The van der Waals surface area contributed by atoms with Crippen LogP contribution in [-0.4, -0.2) is 36.4 Å². The number of amides is 2. The molecule has 0 saturated carbocycles. The van der Waals surface area contributed by atoms with Gasteiger partial charge in [-0.1, -0.05) is 25.0 Å². The zero-order chi connectivity index (χ0) is 21.3. The molecule has 0 bridgehead atoms. The van der Waals surface area contributed by atoms with Crippen molar-refractivity contribution in [2.45, 2.75) is 32.1 Å². The summed E-state index contributed by atoms with van der Waals surface area (Å²) in [7, 11) is 0. The number of nitrogens with zero attached hydrogens (tertiary/aromatic N) is 2. The number of carbonyl (C=O) groups excluding carboxylic acids is 2. The van der Waals surface area contributed by atoms with Crippen LogP contribution in [0.4, 0.5) is 17.1 Å². The van der Waals surface area contributed by atoms with Crippen molar-refractivity contribution in [2.75, 3.05) is 29.9 Å². The van der Waals surface area contributed by atoms with Crippen LogP contribution in [0.5, 0.6) is 0 Å². The first-order valence-corrected chi connectivity index (χ1v) is 10.2. The summed E-state index contributed by atoms with van der Waals surface area (Å²) in [6, 6.07) is 13.6. The molecule has 3 rings (SSSR count). The lowest BCUT2D eigenvalue weighted by molar-refractivity contribution is -0.384. The first kappa shape index (κ1) is 21.3. The van der Waals surface area contributed by atoms with Gasteiger partial charge in [-0.15, -0.1) is 0 Å². The standard InChI is InChI=1S/C22H26N4O4/c27-21(22(28)24-18-7-11-20(12-8-18)26(29)30)23-14-13-17-5-9-19(10-6-17)25-15-3-1-2-4-16-25/h5-12H,1-4,13-16H2,(H,23,27)(H,24,28). The molecule has 2 N–H and O–H groups in total. The maximum Gasteiger partial charge on any atom is 0.313 e. The fraction of sp³-hybridized carbons (Fsp3) is 0.364. The van der Waals surface area contributed by atoms with Crippen LogP contribution in [0.3, 0.4) is 0 Å². The van der Waals surface area contributed by atoms with Crippen molar-refractivity contribution in [3.63, 3.8) is 0 Å². The van der Waals surface area contributed by atoms with Gasteiger partial charge in [-0.2, -0.15) is 0 Å². The summed E-state index contributed by atoms with van der Waals surface area (Å²) < 4.78 is 0. The van der Waals surface area contributed by atoms with Crippen molar-refractivity contribution >= 4 is 28.9 Å². The monoisotopic (exact) mass is 410 g/mol. The molecule has 158 valence electrons. The molecule has 0 unspecified atom stereocenters. The highest BCUT2D eigenvalue weighted by Crippen LogP contribution is 2.20. The number of carbonyl (C=O) groups is 2. The lowest BCUT2D eigenvalue weighted by Gasteiger charge is -2.22. The van der Waals surface area contributed by atoms with Crippen molar-refractivity contribution in [1.29, 1.82) is 0 Å². The van der Waals surface area contributed by atoms with Crippen LogP contribution in [0.25, 0.3) is 0 Å². The Morgan fingerprint density at radius 3 is 2.13 bits per heavy atom. The van der Waals surface area contributed by atoms with Gasteiger partial charge in [-0.05, 0) is 49.1 Å². The molecule has 1 heterocycles. The molecular weight excluding hydrogens is 384 g/mol. The molecule has 1 aliphatic rings. The number of anilines is 2. The highest BCUT2D eigenvalue weighted by atomic mass is 16.6. The molecule has 8 heteroatoms. The van der Waals surface area contributed by atoms with Gasteiger partial charge >= 0.3 is 11.8 Å². The number of nitrogens with one attached hydrogen (secondary N) is 2. The molecule has 8 nitrogen and oxygen atoms in total. The molecule has 0 aromatic heterocycles. The predicted octanol–water partition coefficient (Wildman–Crippen LogP) is 3.27. The van der Waals surface area contributed by atoms with Crippen molar-refractivity contribution < 1.29 is 14.5 Å². The third-order valence-corrected chi connectivity index (χ3v) is 5.15. The summed E-state index contributed by atoms with van der Waals surface area (Å²) in [5.74, 6) is -1.55. The quantitative estimate of drug-likeness (QED) is 0.432. The van der Waals surface area contributed by atoms with Gasteiger partial charge in [0, 0.05) is 43.1 Å². The maximum absolute atomic E-state index is 12.0. The van der Waals surface area contributed by atoms with Crippen LogP contribution >= 0.6 is 0 Å². The van der Waals surface area contributed by atoms with E-state index in [4.69, 9.17) is 0 Å². The van der Waals surface area contributed by atoms with E-state index in [0.29, 0.717) is 18.7 Å². The Bertz CT molecular complexity index is 873. The zero-order valence-electron chi connectivity index (χ0n) is 16.8. The van der Waals surface area contributed by atoms with E-state index in [0.717, 1.165) is 18.7 Å². The van der Waals surface area contributed by atoms with Crippen molar-refractivity contribution in [3.05, 3.63) is 64.2 Å². The Kier molecular flexibility index (Phi) is 7.37. The molecule has 0 radical (unpaired) electrons. The number of nitro groups is 1. The molecule has 0 spiro atoms. The Morgan fingerprint density at radius 1 is 0.900 bits per heavy atom. The normalized spacial score (nSPS) is 13.9. The zero-order valence-corrected chi connectivity index (χ0v) is 16.8. The van der Waals surface area contributed by atoms with Crippen LogP contribution in [-0.2, 0) is 16.0 Å². The van der Waals surface area contributed by atoms with Gasteiger partial charge < -0.3 is 15.5 Å². The number of rotatable bonds is 6. The van der Waals surface area contributed by atoms with Gasteiger partial charge in [0.1, 0.15) is 0 Å². The SMILES string of the molecule is O=C(NCCc1ccc(N2CCCCCC2)cc1)C(=O)Nc1ccc([N+](=O)[O-])cc1. The Labute approximate surface area is 175 Å². The summed E-state index contributed by atoms with van der Waals surface area (Å²) in [5, 5.41) is 15.7. The second kappa shape index (κ2) is 10.4. The smallest absolute Gasteiger partial charge is 0.313 e. The van der Waals surface area contributed by atoms with Gasteiger partial charge in [0.15, 0.2) is 0 Å². The molecule has 0 aliphatic carbocycles. The van der Waals surface area contributed by atoms with Gasteiger partial charge in [0.05, 0.1) is 4.92 Å². The second-order valence-corrected chi connectivity index (χ2v) is 7.33. The van der Waals surface area contributed by atoms with Gasteiger partial charge in [-0.25, -0.2) is 0 Å². The number of hydrogen-bond acceptors (Lipinski definition) is 5. The fourth-order valence-electron chi connectivity index (χ4n) is 3.46. The van der Waals surface area contributed by atoms with Crippen LogP contribution in [0.15, 0.2) is 48.5 Å². The summed E-state index contributed by atoms with van der Waals surface area (Å²) in [6.45, 7) is 2.54. The van der Waals surface area contributed by atoms with Crippen LogP contribution < -0.4 is 15.5 Å². The Morgan fingerprint density at radius 2 is 1.53 bits per heavy atom. The van der Waals surface area contributed by atoms with E-state index in [-0.39, 0.29) is 5.69 Å². The van der Waals surface area contributed by atoms with Crippen LogP contribution in [0, 0.1) is 10.1 Å². The number of non-ortho nitro benzene ring substituents is 1. The van der Waals surface area contributed by atoms with Crippen molar-refractivity contribution in [1.82, 2.24) is 5.32 Å². The molecular formula is C22H26N4O4. The van der Waals surface area contributed by atoms with E-state index in [1.807, 2.05) is 0 Å². The second-order valence-electron chi connectivity index (χ2n) is 7.33. The average molecular weight is 410 g/mol. The third kappa shape index (κ3) is 6.04. The Hall–Kier alpha value is -3.42. The van der Waals surface area contributed by atoms with Crippen LogP contribution in [0.1, 0.15) is 31.2 Å². The summed E-state index contributed by atoms with van der Waals surface area (Å²) in [4.78, 5) is 36.5. The minimum atomic E-state index is -0.805. The topological polar surface area (TPSA) is 105 Å². The van der Waals surface area contributed by atoms with E-state index in [9.17, 15) is 19.7 Å². The summed E-state index contributed by atoms with van der Waals surface area (Å²) in [5.41, 5.74) is 2.56. The molecule has 0 atom stereocenters. The largest absolute Gasteiger partial charge is 0.372 e. The van der Waals surface area contributed by atoms with Crippen LogP contribution in [0.2, 0.25) is 0 Å². The lowest BCUT2D eigenvalue weighted by Crippen LogP contribution is -2.36. The van der Waals surface area contributed by atoms with Gasteiger partial charge in [0.25, 0.3) is 5.69 Å². The van der Waals surface area contributed by atoms with E-state index in [1.165, 1.54) is 55.6 Å². The molecule has 2 aromatic carbocycles. The van der Waals surface area contributed by atoms with E-state index >= 15 is 0 Å².